The van der Waals surface area contributed by atoms with Crippen molar-refractivity contribution in [2.45, 2.75) is 25.0 Å². The molecular formula is C16H18ClNO4S2. The molecule has 130 valence electrons. The van der Waals surface area contributed by atoms with E-state index >= 15 is 0 Å². The Morgan fingerprint density at radius 2 is 1.79 bits per heavy atom. The number of aryl methyl sites for hydroxylation is 3. The quantitative estimate of drug-likeness (QED) is 0.581. The Hall–Kier alpha value is -1.41. The van der Waals surface area contributed by atoms with Crippen molar-refractivity contribution >= 4 is 38.9 Å². The van der Waals surface area contributed by atoms with Crippen LogP contribution in [0.4, 0.5) is 0 Å². The largest absolute Gasteiger partial charge is 0.425 e. The van der Waals surface area contributed by atoms with Crippen LogP contribution in [-0.4, -0.2) is 32.3 Å². The normalized spacial score (nSPS) is 11.8. The SMILES string of the molecule is Cc1cc(C)c(OC(=O)CN(C)S(=O)(=O)c2ccc(Cl)s2)c(C)c1. The number of rotatable bonds is 5. The summed E-state index contributed by atoms with van der Waals surface area (Å²) in [5.74, 6) is -0.172. The third-order valence-electron chi connectivity index (χ3n) is 3.39. The predicted octanol–water partition coefficient (Wildman–Crippen LogP) is 3.55. The molecule has 0 aliphatic carbocycles. The highest BCUT2D eigenvalue weighted by molar-refractivity contribution is 7.91. The summed E-state index contributed by atoms with van der Waals surface area (Å²) in [6, 6.07) is 6.73. The van der Waals surface area contributed by atoms with E-state index in [0.29, 0.717) is 10.1 Å². The predicted molar refractivity (Wildman–Crippen MR) is 95.4 cm³/mol. The summed E-state index contributed by atoms with van der Waals surface area (Å²) in [6.07, 6.45) is 0. The van der Waals surface area contributed by atoms with Crippen molar-refractivity contribution in [3.8, 4) is 5.75 Å². The van der Waals surface area contributed by atoms with E-state index in [4.69, 9.17) is 16.3 Å². The molecule has 0 spiro atoms. The van der Waals surface area contributed by atoms with Gasteiger partial charge in [-0.3, -0.25) is 4.79 Å². The van der Waals surface area contributed by atoms with Gasteiger partial charge in [0.15, 0.2) is 0 Å². The average molecular weight is 388 g/mol. The fourth-order valence-corrected chi connectivity index (χ4v) is 5.14. The summed E-state index contributed by atoms with van der Waals surface area (Å²) in [5, 5.41) is 0. The van der Waals surface area contributed by atoms with Crippen LogP contribution in [0.25, 0.3) is 0 Å². The van der Waals surface area contributed by atoms with Gasteiger partial charge < -0.3 is 4.74 Å². The van der Waals surface area contributed by atoms with Crippen LogP contribution in [0, 0.1) is 20.8 Å². The number of hydrogen-bond donors (Lipinski definition) is 0. The fourth-order valence-electron chi connectivity index (χ4n) is 2.33. The molecular weight excluding hydrogens is 370 g/mol. The Kier molecular flexibility index (Phi) is 5.70. The molecule has 0 amide bonds. The minimum absolute atomic E-state index is 0.0884. The number of ether oxygens (including phenoxy) is 1. The van der Waals surface area contributed by atoms with Gasteiger partial charge in [0, 0.05) is 7.05 Å². The van der Waals surface area contributed by atoms with Crippen LogP contribution in [0.2, 0.25) is 4.34 Å². The highest BCUT2D eigenvalue weighted by Crippen LogP contribution is 2.28. The maximum Gasteiger partial charge on any atom is 0.326 e. The zero-order valence-electron chi connectivity index (χ0n) is 13.8. The molecule has 1 aromatic carbocycles. The lowest BCUT2D eigenvalue weighted by atomic mass is 10.1. The summed E-state index contributed by atoms with van der Waals surface area (Å²) >= 11 is 6.72. The molecule has 0 radical (unpaired) electrons. The molecule has 8 heteroatoms. The Labute approximate surface area is 150 Å². The number of carbonyl (C=O) groups is 1. The highest BCUT2D eigenvalue weighted by Gasteiger charge is 2.25. The van der Waals surface area contributed by atoms with Crippen molar-refractivity contribution in [2.75, 3.05) is 13.6 Å². The van der Waals surface area contributed by atoms with Crippen LogP contribution in [-0.2, 0) is 14.8 Å². The number of esters is 1. The van der Waals surface area contributed by atoms with Gasteiger partial charge >= 0.3 is 5.97 Å². The summed E-state index contributed by atoms with van der Waals surface area (Å²) in [7, 11) is -2.43. The van der Waals surface area contributed by atoms with Gasteiger partial charge in [-0.2, -0.15) is 4.31 Å². The number of thiophene rings is 1. The molecule has 24 heavy (non-hydrogen) atoms. The van der Waals surface area contributed by atoms with E-state index < -0.39 is 16.0 Å². The molecule has 0 fully saturated rings. The van der Waals surface area contributed by atoms with Crippen molar-refractivity contribution in [3.05, 3.63) is 45.3 Å². The van der Waals surface area contributed by atoms with E-state index in [2.05, 4.69) is 0 Å². The van der Waals surface area contributed by atoms with Gasteiger partial charge in [0.1, 0.15) is 16.5 Å². The second-order valence-corrected chi connectivity index (χ2v) is 9.51. The molecule has 2 aromatic rings. The molecule has 0 aliphatic heterocycles. The van der Waals surface area contributed by atoms with Gasteiger partial charge in [-0.05, 0) is 44.0 Å². The minimum atomic E-state index is -3.77. The highest BCUT2D eigenvalue weighted by atomic mass is 35.5. The second-order valence-electron chi connectivity index (χ2n) is 5.52. The molecule has 0 N–H and O–H groups in total. The molecule has 2 rings (SSSR count). The Morgan fingerprint density at radius 1 is 1.21 bits per heavy atom. The lowest BCUT2D eigenvalue weighted by Gasteiger charge is -2.16. The van der Waals surface area contributed by atoms with Gasteiger partial charge in [-0.15, -0.1) is 11.3 Å². The number of hydrogen-bond acceptors (Lipinski definition) is 5. The van der Waals surface area contributed by atoms with Gasteiger partial charge in [-0.25, -0.2) is 8.42 Å². The van der Waals surface area contributed by atoms with Gasteiger partial charge in [0.25, 0.3) is 10.0 Å². The number of halogens is 1. The summed E-state index contributed by atoms with van der Waals surface area (Å²) < 4.78 is 31.5. The van der Waals surface area contributed by atoms with Crippen molar-refractivity contribution in [1.82, 2.24) is 4.31 Å². The minimum Gasteiger partial charge on any atom is -0.425 e. The Bertz CT molecular complexity index is 851. The molecule has 0 aliphatic rings. The van der Waals surface area contributed by atoms with Crippen molar-refractivity contribution in [1.29, 1.82) is 0 Å². The summed E-state index contributed by atoms with van der Waals surface area (Å²) in [5.41, 5.74) is 2.73. The number of nitrogens with zero attached hydrogens (tertiary/aromatic N) is 1. The molecule has 0 atom stereocenters. The topological polar surface area (TPSA) is 63.7 Å². The molecule has 5 nitrogen and oxygen atoms in total. The Balaban J connectivity index is 2.13. The lowest BCUT2D eigenvalue weighted by Crippen LogP contribution is -2.34. The van der Waals surface area contributed by atoms with Crippen LogP contribution >= 0.6 is 22.9 Å². The van der Waals surface area contributed by atoms with E-state index in [1.807, 2.05) is 32.9 Å². The zero-order chi connectivity index (χ0) is 18.1. The number of carbonyl (C=O) groups excluding carboxylic acids is 1. The number of benzene rings is 1. The molecule has 0 saturated carbocycles. The first-order valence-electron chi connectivity index (χ1n) is 7.11. The van der Waals surface area contributed by atoms with Crippen LogP contribution < -0.4 is 4.74 Å². The van der Waals surface area contributed by atoms with Gasteiger partial charge in [0.05, 0.1) is 4.34 Å². The first-order chi connectivity index (χ1) is 11.1. The van der Waals surface area contributed by atoms with Crippen molar-refractivity contribution in [2.24, 2.45) is 0 Å². The van der Waals surface area contributed by atoms with E-state index in [0.717, 1.165) is 32.3 Å². The van der Waals surface area contributed by atoms with Gasteiger partial charge in [-0.1, -0.05) is 29.3 Å². The maximum absolute atomic E-state index is 12.4. The average Bonchev–Trinajstić information content (AvgIpc) is 2.90. The standard InChI is InChI=1S/C16H18ClNO4S2/c1-10-7-11(2)16(12(3)8-10)22-14(19)9-18(4)24(20,21)15-6-5-13(17)23-15/h5-8H,9H2,1-4H3. The molecule has 1 aromatic heterocycles. The van der Waals surface area contributed by atoms with Crippen LogP contribution in [0.1, 0.15) is 16.7 Å². The van der Waals surface area contributed by atoms with Crippen molar-refractivity contribution < 1.29 is 17.9 Å². The monoisotopic (exact) mass is 387 g/mol. The zero-order valence-corrected chi connectivity index (χ0v) is 16.2. The first kappa shape index (κ1) is 18.9. The first-order valence-corrected chi connectivity index (χ1v) is 9.75. The van der Waals surface area contributed by atoms with Crippen molar-refractivity contribution in [3.63, 3.8) is 0 Å². The smallest absolute Gasteiger partial charge is 0.326 e. The summed E-state index contributed by atoms with van der Waals surface area (Å²) in [6.45, 7) is 5.26. The number of likely N-dealkylation sites (N-methyl/N-ethyl adjacent to an activating group) is 1. The Morgan fingerprint density at radius 3 is 2.29 bits per heavy atom. The maximum atomic E-state index is 12.4. The third-order valence-corrected chi connectivity index (χ3v) is 6.89. The van der Waals surface area contributed by atoms with Gasteiger partial charge in [0.2, 0.25) is 0 Å². The second kappa shape index (κ2) is 7.23. The number of sulfonamides is 1. The lowest BCUT2D eigenvalue weighted by molar-refractivity contribution is -0.134. The van der Waals surface area contributed by atoms with E-state index in [9.17, 15) is 13.2 Å². The van der Waals surface area contributed by atoms with E-state index in [1.54, 1.807) is 0 Å². The van der Waals surface area contributed by atoms with Crippen LogP contribution in [0.15, 0.2) is 28.5 Å². The van der Waals surface area contributed by atoms with Crippen LogP contribution in [0.3, 0.4) is 0 Å². The molecule has 1 heterocycles. The van der Waals surface area contributed by atoms with E-state index in [-0.39, 0.29) is 10.8 Å². The fraction of sp³-hybridized carbons (Fsp3) is 0.312. The van der Waals surface area contributed by atoms with Crippen LogP contribution in [0.5, 0.6) is 5.75 Å². The van der Waals surface area contributed by atoms with E-state index in [1.165, 1.54) is 19.2 Å². The summed E-state index contributed by atoms with van der Waals surface area (Å²) in [4.78, 5) is 12.1. The molecule has 0 unspecified atom stereocenters. The molecule has 0 saturated heterocycles. The third kappa shape index (κ3) is 4.16. The molecule has 0 bridgehead atoms.